The van der Waals surface area contributed by atoms with Crippen molar-refractivity contribution >= 4 is 34.8 Å². The molecule has 5 rings (SSSR count). The van der Waals surface area contributed by atoms with E-state index in [1.165, 1.54) is 13.8 Å². The van der Waals surface area contributed by atoms with Gasteiger partial charge in [0.15, 0.2) is 11.9 Å². The number of thiocarbonyl (C=S) groups is 1. The van der Waals surface area contributed by atoms with Gasteiger partial charge in [-0.2, -0.15) is 0 Å². The number of anilines is 1. The van der Waals surface area contributed by atoms with E-state index in [2.05, 4.69) is 5.32 Å². The molecule has 3 aromatic carbocycles. The van der Waals surface area contributed by atoms with Gasteiger partial charge in [0.2, 0.25) is 0 Å². The molecule has 2 unspecified atom stereocenters. The quantitative estimate of drug-likeness (QED) is 0.233. The first-order chi connectivity index (χ1) is 16.7. The lowest BCUT2D eigenvalue weighted by atomic mass is 9.77. The van der Waals surface area contributed by atoms with Crippen molar-refractivity contribution in [2.24, 2.45) is 0 Å². The van der Waals surface area contributed by atoms with E-state index in [-0.39, 0.29) is 5.75 Å². The minimum atomic E-state index is -1.31. The van der Waals surface area contributed by atoms with Gasteiger partial charge in [0.05, 0.1) is 10.6 Å². The van der Waals surface area contributed by atoms with Crippen LogP contribution in [0.25, 0.3) is 0 Å². The van der Waals surface area contributed by atoms with Crippen LogP contribution in [0.4, 0.5) is 5.69 Å². The molecule has 0 saturated heterocycles. The molecule has 0 radical (unpaired) electrons. The van der Waals surface area contributed by atoms with E-state index >= 15 is 0 Å². The Bertz CT molecular complexity index is 1400. The summed E-state index contributed by atoms with van der Waals surface area (Å²) in [5.74, 6) is 0.393. The molecule has 3 aromatic rings. The molecule has 178 valence electrons. The van der Waals surface area contributed by atoms with Crippen molar-refractivity contribution in [2.75, 3.05) is 5.32 Å². The number of benzene rings is 3. The highest BCUT2D eigenvalue weighted by molar-refractivity contribution is 7.80. The summed E-state index contributed by atoms with van der Waals surface area (Å²) in [5.41, 5.74) is 1.54. The number of aliphatic hydroxyl groups is 1. The van der Waals surface area contributed by atoms with E-state index in [4.69, 9.17) is 31.2 Å². The third-order valence-corrected chi connectivity index (χ3v) is 5.74. The van der Waals surface area contributed by atoms with Crippen LogP contribution >= 0.6 is 12.2 Å². The van der Waals surface area contributed by atoms with Crippen molar-refractivity contribution < 1.29 is 33.6 Å². The maximum atomic E-state index is 13.2. The summed E-state index contributed by atoms with van der Waals surface area (Å²) in [6, 6.07) is 15.3. The zero-order chi connectivity index (χ0) is 24.9. The van der Waals surface area contributed by atoms with Gasteiger partial charge in [-0.05, 0) is 50.2 Å². The van der Waals surface area contributed by atoms with Crippen LogP contribution in [0.5, 0.6) is 23.0 Å². The normalized spacial score (nSPS) is 17.9. The first kappa shape index (κ1) is 22.8. The first-order valence-electron chi connectivity index (χ1n) is 10.8. The second kappa shape index (κ2) is 8.37. The largest absolute Gasteiger partial charge is 0.465 e. The number of hydrogen-bond donors (Lipinski definition) is 2. The van der Waals surface area contributed by atoms with Gasteiger partial charge in [0, 0.05) is 41.4 Å². The number of esters is 2. The lowest BCUT2D eigenvalue weighted by Gasteiger charge is -2.36. The van der Waals surface area contributed by atoms with E-state index in [9.17, 15) is 14.7 Å². The second-order valence-electron chi connectivity index (χ2n) is 8.24. The summed E-state index contributed by atoms with van der Waals surface area (Å²) in [7, 11) is 0. The SMILES string of the molecule is CC(=O)Oc1ccc2c(c1)Oc1cc(OC(C)O)ccc1C21OC(=O)c2cc(NC(C)=S)ccc21. The van der Waals surface area contributed by atoms with E-state index in [0.29, 0.717) is 50.2 Å². The Balaban J connectivity index is 1.73. The van der Waals surface area contributed by atoms with Crippen molar-refractivity contribution in [3.8, 4) is 23.0 Å². The van der Waals surface area contributed by atoms with Gasteiger partial charge in [-0.3, -0.25) is 4.79 Å². The van der Waals surface area contributed by atoms with Crippen LogP contribution < -0.4 is 19.5 Å². The molecule has 0 fully saturated rings. The van der Waals surface area contributed by atoms with Gasteiger partial charge in [-0.15, -0.1) is 0 Å². The van der Waals surface area contributed by atoms with Crippen molar-refractivity contribution in [1.82, 2.24) is 0 Å². The first-order valence-corrected chi connectivity index (χ1v) is 11.2. The summed E-state index contributed by atoms with van der Waals surface area (Å²) >= 11 is 5.13. The maximum absolute atomic E-state index is 13.2. The number of nitrogens with one attached hydrogen (secondary N) is 1. The number of carbonyl (C=O) groups excluding carboxylic acids is 2. The molecule has 35 heavy (non-hydrogen) atoms. The van der Waals surface area contributed by atoms with Gasteiger partial charge in [-0.25, -0.2) is 4.79 Å². The van der Waals surface area contributed by atoms with Crippen LogP contribution in [0.15, 0.2) is 54.6 Å². The Hall–Kier alpha value is -3.95. The predicted molar refractivity (Wildman–Crippen MR) is 130 cm³/mol. The number of aliphatic hydroxyl groups excluding tert-OH is 1. The minimum absolute atomic E-state index is 0.284. The number of fused-ring (bicyclic) bond motifs is 6. The van der Waals surface area contributed by atoms with Gasteiger partial charge < -0.3 is 29.4 Å². The zero-order valence-corrected chi connectivity index (χ0v) is 19.9. The molecule has 1 spiro atoms. The molecule has 2 aliphatic heterocycles. The minimum Gasteiger partial charge on any atom is -0.465 e. The van der Waals surface area contributed by atoms with Gasteiger partial charge in [0.25, 0.3) is 0 Å². The number of carbonyl (C=O) groups is 2. The molecular weight excluding hydrogens is 470 g/mol. The molecule has 0 bridgehead atoms. The lowest BCUT2D eigenvalue weighted by Crippen LogP contribution is -2.33. The van der Waals surface area contributed by atoms with Crippen LogP contribution in [0.1, 0.15) is 47.8 Å². The fourth-order valence-electron chi connectivity index (χ4n) is 4.47. The average molecular weight is 492 g/mol. The van der Waals surface area contributed by atoms with E-state index < -0.39 is 23.8 Å². The Morgan fingerprint density at radius 1 is 1.00 bits per heavy atom. The van der Waals surface area contributed by atoms with E-state index in [0.717, 1.165) is 0 Å². The molecule has 2 heterocycles. The van der Waals surface area contributed by atoms with Crippen molar-refractivity contribution in [2.45, 2.75) is 32.7 Å². The van der Waals surface area contributed by atoms with Crippen molar-refractivity contribution in [3.63, 3.8) is 0 Å². The molecule has 0 amide bonds. The highest BCUT2D eigenvalue weighted by atomic mass is 32.1. The lowest BCUT2D eigenvalue weighted by molar-refractivity contribution is -0.131. The van der Waals surface area contributed by atoms with Crippen LogP contribution in [0.2, 0.25) is 0 Å². The standard InChI is InChI=1S/C26H21NO7S/c1-13(35)27-16-4-7-20-19(10-16)25(30)34-26(20)21-8-5-17(31-14(2)28)11-23(21)33-24-12-18(32-15(3)29)6-9-22(24)26/h4-12,14,28H,1-3H3,(H,27,35). The maximum Gasteiger partial charge on any atom is 0.340 e. The molecule has 0 saturated carbocycles. The fourth-order valence-corrected chi connectivity index (χ4v) is 4.59. The molecule has 2 atom stereocenters. The molecular formula is C26H21NO7S. The van der Waals surface area contributed by atoms with Crippen molar-refractivity contribution in [1.29, 1.82) is 0 Å². The summed E-state index contributed by atoms with van der Waals surface area (Å²) < 4.78 is 23.0. The molecule has 9 heteroatoms. The van der Waals surface area contributed by atoms with Crippen LogP contribution in [0, 0.1) is 0 Å². The third kappa shape index (κ3) is 3.88. The summed E-state index contributed by atoms with van der Waals surface area (Å²) in [4.78, 5) is 25.2. The fraction of sp³-hybridized carbons (Fsp3) is 0.192. The molecule has 0 aromatic heterocycles. The van der Waals surface area contributed by atoms with E-state index in [1.807, 2.05) is 12.1 Å². The Labute approximate surface area is 206 Å². The number of ether oxygens (including phenoxy) is 4. The highest BCUT2D eigenvalue weighted by Crippen LogP contribution is 2.57. The summed E-state index contributed by atoms with van der Waals surface area (Å²) in [5, 5.41) is 12.7. The molecule has 2 aliphatic rings. The zero-order valence-electron chi connectivity index (χ0n) is 19.1. The topological polar surface area (TPSA) is 103 Å². The monoisotopic (exact) mass is 491 g/mol. The van der Waals surface area contributed by atoms with Crippen molar-refractivity contribution in [3.05, 3.63) is 76.9 Å². The molecule has 0 aliphatic carbocycles. The molecule has 8 nitrogen and oxygen atoms in total. The average Bonchev–Trinajstić information content (AvgIpc) is 3.04. The number of rotatable bonds is 4. The predicted octanol–water partition coefficient (Wildman–Crippen LogP) is 4.66. The Kier molecular flexibility index (Phi) is 5.46. The molecule has 2 N–H and O–H groups in total. The summed E-state index contributed by atoms with van der Waals surface area (Å²) in [6.07, 6.45) is -1.03. The van der Waals surface area contributed by atoms with Gasteiger partial charge >= 0.3 is 11.9 Å². The Morgan fingerprint density at radius 3 is 2.26 bits per heavy atom. The van der Waals surface area contributed by atoms with Crippen LogP contribution in [0.3, 0.4) is 0 Å². The Morgan fingerprint density at radius 2 is 1.63 bits per heavy atom. The van der Waals surface area contributed by atoms with E-state index in [1.54, 1.807) is 49.4 Å². The van der Waals surface area contributed by atoms with Crippen LogP contribution in [-0.4, -0.2) is 28.3 Å². The van der Waals surface area contributed by atoms with Crippen LogP contribution in [-0.2, 0) is 15.1 Å². The number of hydrogen-bond acceptors (Lipinski definition) is 8. The van der Waals surface area contributed by atoms with Gasteiger partial charge in [0.1, 0.15) is 23.0 Å². The third-order valence-electron chi connectivity index (χ3n) is 5.64. The summed E-state index contributed by atoms with van der Waals surface area (Å²) in [6.45, 7) is 4.55. The smallest absolute Gasteiger partial charge is 0.340 e. The second-order valence-corrected chi connectivity index (χ2v) is 8.85. The highest BCUT2D eigenvalue weighted by Gasteiger charge is 2.53. The van der Waals surface area contributed by atoms with Gasteiger partial charge in [-0.1, -0.05) is 18.3 Å².